The maximum Gasteiger partial charge on any atom is 0.307 e. The van der Waals surface area contributed by atoms with Gasteiger partial charge in [0.05, 0.1) is 28.9 Å². The van der Waals surface area contributed by atoms with Gasteiger partial charge in [0, 0.05) is 0 Å². The molecule has 0 saturated heterocycles. The molecular formula is C16H11N5O. The third kappa shape index (κ3) is 2.83. The molecule has 1 heterocycles. The Balaban J connectivity index is 1.68. The molecule has 1 aromatic heterocycles. The number of benzene rings is 2. The van der Waals surface area contributed by atoms with E-state index in [4.69, 9.17) is 5.26 Å². The van der Waals surface area contributed by atoms with E-state index in [1.807, 2.05) is 30.3 Å². The summed E-state index contributed by atoms with van der Waals surface area (Å²) in [4.78, 5) is 19.1. The van der Waals surface area contributed by atoms with E-state index < -0.39 is 5.91 Å². The summed E-state index contributed by atoms with van der Waals surface area (Å²) in [6.45, 7) is 0. The fourth-order valence-corrected chi connectivity index (χ4v) is 1.92. The Morgan fingerprint density at radius 2 is 2.00 bits per heavy atom. The molecular weight excluding hydrogens is 278 g/mol. The van der Waals surface area contributed by atoms with Gasteiger partial charge in [-0.1, -0.05) is 24.3 Å². The Bertz CT molecular complexity index is 854. The van der Waals surface area contributed by atoms with Crippen molar-refractivity contribution in [3.63, 3.8) is 0 Å². The number of aromatic nitrogens is 2. The van der Waals surface area contributed by atoms with Gasteiger partial charge in [-0.3, -0.25) is 4.79 Å². The van der Waals surface area contributed by atoms with E-state index >= 15 is 0 Å². The van der Waals surface area contributed by atoms with Gasteiger partial charge >= 0.3 is 5.91 Å². The number of nitrogens with zero attached hydrogens (tertiary/aromatic N) is 3. The first-order valence-electron chi connectivity index (χ1n) is 6.54. The molecule has 6 heteroatoms. The summed E-state index contributed by atoms with van der Waals surface area (Å²) in [6.07, 6.45) is 1.50. The van der Waals surface area contributed by atoms with Crippen LogP contribution in [0.15, 0.2) is 53.6 Å². The highest BCUT2D eigenvalue weighted by atomic mass is 16.2. The molecule has 0 aliphatic heterocycles. The Kier molecular flexibility index (Phi) is 3.62. The van der Waals surface area contributed by atoms with E-state index in [0.29, 0.717) is 5.56 Å². The van der Waals surface area contributed by atoms with E-state index in [-0.39, 0.29) is 5.82 Å². The Morgan fingerprint density at radius 3 is 2.73 bits per heavy atom. The quantitative estimate of drug-likeness (QED) is 0.571. The molecule has 0 bridgehead atoms. The van der Waals surface area contributed by atoms with Gasteiger partial charge in [-0.2, -0.15) is 10.4 Å². The summed E-state index contributed by atoms with van der Waals surface area (Å²) in [6, 6.07) is 16.3. The van der Waals surface area contributed by atoms with Crippen LogP contribution in [-0.4, -0.2) is 22.1 Å². The molecule has 3 rings (SSSR count). The van der Waals surface area contributed by atoms with Crippen molar-refractivity contribution in [3.05, 3.63) is 65.5 Å². The number of aromatic amines is 1. The van der Waals surface area contributed by atoms with Gasteiger partial charge in [-0.25, -0.2) is 10.4 Å². The van der Waals surface area contributed by atoms with Gasteiger partial charge in [-0.15, -0.1) is 0 Å². The van der Waals surface area contributed by atoms with Gasteiger partial charge in [0.2, 0.25) is 0 Å². The smallest absolute Gasteiger partial charge is 0.307 e. The molecule has 22 heavy (non-hydrogen) atoms. The maximum absolute atomic E-state index is 11.9. The molecule has 0 fully saturated rings. The molecule has 0 aliphatic rings. The molecule has 2 aromatic carbocycles. The summed E-state index contributed by atoms with van der Waals surface area (Å²) >= 11 is 0. The summed E-state index contributed by atoms with van der Waals surface area (Å²) in [5.74, 6) is -0.209. The third-order valence-corrected chi connectivity index (χ3v) is 3.02. The molecule has 6 nitrogen and oxygen atoms in total. The largest absolute Gasteiger partial charge is 0.334 e. The van der Waals surface area contributed by atoms with Crippen molar-refractivity contribution >= 4 is 23.2 Å². The number of fused-ring (bicyclic) bond motifs is 1. The lowest BCUT2D eigenvalue weighted by Crippen LogP contribution is -2.19. The summed E-state index contributed by atoms with van der Waals surface area (Å²) in [5, 5.41) is 12.6. The average Bonchev–Trinajstić information content (AvgIpc) is 2.99. The van der Waals surface area contributed by atoms with Crippen LogP contribution in [-0.2, 0) is 0 Å². The average molecular weight is 289 g/mol. The van der Waals surface area contributed by atoms with Crippen LogP contribution in [0.25, 0.3) is 11.0 Å². The number of carbonyl (C=O) groups is 1. The fourth-order valence-electron chi connectivity index (χ4n) is 1.92. The lowest BCUT2D eigenvalue weighted by molar-refractivity contribution is 0.0946. The standard InChI is InChI=1S/C16H11N5O/c17-9-11-5-7-12(8-6-11)10-18-21-16(22)15-19-13-3-1-2-4-14(13)20-15/h1-8,10H,(H,19,20)(H,21,22)/b18-10+. The van der Waals surface area contributed by atoms with Gasteiger partial charge in [0.25, 0.3) is 0 Å². The lowest BCUT2D eigenvalue weighted by Gasteiger charge is -1.95. The number of hydrogen-bond acceptors (Lipinski definition) is 4. The molecule has 0 saturated carbocycles. The molecule has 3 aromatic rings. The topological polar surface area (TPSA) is 93.9 Å². The van der Waals surface area contributed by atoms with Crippen LogP contribution in [0.5, 0.6) is 0 Å². The molecule has 1 amide bonds. The Labute approximate surface area is 126 Å². The minimum atomic E-state index is -0.416. The molecule has 0 aliphatic carbocycles. The van der Waals surface area contributed by atoms with Crippen LogP contribution in [0.1, 0.15) is 21.7 Å². The van der Waals surface area contributed by atoms with Crippen molar-refractivity contribution in [2.75, 3.05) is 0 Å². The molecule has 2 N–H and O–H groups in total. The number of nitriles is 1. The van der Waals surface area contributed by atoms with Crippen molar-refractivity contribution in [2.45, 2.75) is 0 Å². The second-order valence-electron chi connectivity index (χ2n) is 4.54. The molecule has 106 valence electrons. The first kappa shape index (κ1) is 13.5. The van der Waals surface area contributed by atoms with E-state index in [0.717, 1.165) is 16.6 Å². The van der Waals surface area contributed by atoms with E-state index in [1.165, 1.54) is 6.21 Å². The highest BCUT2D eigenvalue weighted by Crippen LogP contribution is 2.09. The minimum Gasteiger partial charge on any atom is -0.334 e. The number of nitrogens with one attached hydrogen (secondary N) is 2. The highest BCUT2D eigenvalue weighted by molar-refractivity contribution is 5.94. The molecule has 0 spiro atoms. The van der Waals surface area contributed by atoms with Gasteiger partial charge in [0.1, 0.15) is 0 Å². The van der Waals surface area contributed by atoms with Crippen molar-refractivity contribution in [1.82, 2.24) is 15.4 Å². The van der Waals surface area contributed by atoms with Crippen LogP contribution in [0.4, 0.5) is 0 Å². The Hall–Kier alpha value is -3.46. The molecule has 0 radical (unpaired) electrons. The normalized spacial score (nSPS) is 10.7. The minimum absolute atomic E-state index is 0.207. The van der Waals surface area contributed by atoms with Crippen LogP contribution < -0.4 is 5.43 Å². The summed E-state index contributed by atoms with van der Waals surface area (Å²) < 4.78 is 0. The molecule has 0 atom stereocenters. The van der Waals surface area contributed by atoms with Crippen LogP contribution in [0.2, 0.25) is 0 Å². The lowest BCUT2D eigenvalue weighted by atomic mass is 10.2. The number of H-pyrrole nitrogens is 1. The maximum atomic E-state index is 11.9. The SMILES string of the molecule is N#Cc1ccc(/C=N/NC(=O)c2nc3ccccc3[nH]2)cc1. The van der Waals surface area contributed by atoms with Crippen molar-refractivity contribution in [3.8, 4) is 6.07 Å². The van der Waals surface area contributed by atoms with Gasteiger partial charge < -0.3 is 4.98 Å². The Morgan fingerprint density at radius 1 is 1.23 bits per heavy atom. The van der Waals surface area contributed by atoms with Crippen LogP contribution in [0.3, 0.4) is 0 Å². The number of rotatable bonds is 3. The van der Waals surface area contributed by atoms with E-state index in [9.17, 15) is 4.79 Å². The molecule has 0 unspecified atom stereocenters. The number of carbonyl (C=O) groups excluding carboxylic acids is 1. The van der Waals surface area contributed by atoms with Gasteiger partial charge in [0.15, 0.2) is 5.82 Å². The summed E-state index contributed by atoms with van der Waals surface area (Å²) in [7, 11) is 0. The van der Waals surface area contributed by atoms with Gasteiger partial charge in [-0.05, 0) is 29.8 Å². The number of hydrazone groups is 1. The van der Waals surface area contributed by atoms with Crippen molar-refractivity contribution < 1.29 is 4.79 Å². The predicted molar refractivity (Wildman–Crippen MR) is 82.3 cm³/mol. The zero-order valence-electron chi connectivity index (χ0n) is 11.4. The third-order valence-electron chi connectivity index (χ3n) is 3.02. The zero-order chi connectivity index (χ0) is 15.4. The number of hydrogen-bond donors (Lipinski definition) is 2. The second-order valence-corrected chi connectivity index (χ2v) is 4.54. The number of para-hydroxylation sites is 2. The monoisotopic (exact) mass is 289 g/mol. The summed E-state index contributed by atoms with van der Waals surface area (Å²) in [5.41, 5.74) is 5.28. The van der Waals surface area contributed by atoms with Crippen LogP contribution >= 0.6 is 0 Å². The zero-order valence-corrected chi connectivity index (χ0v) is 11.4. The predicted octanol–water partition coefficient (Wildman–Crippen LogP) is 2.20. The highest BCUT2D eigenvalue weighted by Gasteiger charge is 2.09. The van der Waals surface area contributed by atoms with Crippen LogP contribution in [0, 0.1) is 11.3 Å². The number of amides is 1. The fraction of sp³-hybridized carbons (Fsp3) is 0. The second kappa shape index (κ2) is 5.89. The van der Waals surface area contributed by atoms with E-state index in [2.05, 4.69) is 20.5 Å². The van der Waals surface area contributed by atoms with Crippen molar-refractivity contribution in [2.24, 2.45) is 5.10 Å². The first-order chi connectivity index (χ1) is 10.8. The van der Waals surface area contributed by atoms with E-state index in [1.54, 1.807) is 24.3 Å². The number of imidazole rings is 1. The van der Waals surface area contributed by atoms with Crippen molar-refractivity contribution in [1.29, 1.82) is 5.26 Å². The first-order valence-corrected chi connectivity index (χ1v) is 6.54.